The minimum atomic E-state index is -0.169. The highest BCUT2D eigenvalue weighted by Crippen LogP contribution is 2.30. The summed E-state index contributed by atoms with van der Waals surface area (Å²) in [5.74, 6) is 0. The molecule has 0 saturated carbocycles. The maximum Gasteiger partial charge on any atom is 0.0801 e. The first kappa shape index (κ1) is 13.7. The molecule has 0 aliphatic heterocycles. The number of aryl methyl sites for hydroxylation is 1. The SMILES string of the molecule is CCc1nnsc1C(N)Cc1c(Cl)cccc1Cl. The molecule has 3 nitrogen and oxygen atoms in total. The summed E-state index contributed by atoms with van der Waals surface area (Å²) in [6, 6.07) is 5.30. The van der Waals surface area contributed by atoms with E-state index in [1.54, 1.807) is 0 Å². The van der Waals surface area contributed by atoms with Crippen LogP contribution in [0.2, 0.25) is 10.0 Å². The van der Waals surface area contributed by atoms with Crippen molar-refractivity contribution in [1.29, 1.82) is 0 Å². The van der Waals surface area contributed by atoms with Crippen molar-refractivity contribution in [3.05, 3.63) is 44.4 Å². The van der Waals surface area contributed by atoms with Crippen molar-refractivity contribution in [2.24, 2.45) is 5.73 Å². The van der Waals surface area contributed by atoms with E-state index in [1.807, 2.05) is 25.1 Å². The molecule has 96 valence electrons. The average molecular weight is 302 g/mol. The summed E-state index contributed by atoms with van der Waals surface area (Å²) in [6.45, 7) is 2.04. The van der Waals surface area contributed by atoms with Crippen molar-refractivity contribution in [2.45, 2.75) is 25.8 Å². The zero-order chi connectivity index (χ0) is 13.1. The number of benzene rings is 1. The average Bonchev–Trinajstić information content (AvgIpc) is 2.82. The molecule has 0 spiro atoms. The van der Waals surface area contributed by atoms with E-state index in [2.05, 4.69) is 9.59 Å². The molecule has 2 N–H and O–H groups in total. The first-order valence-corrected chi connectivity index (χ1v) is 7.16. The molecule has 0 amide bonds. The Morgan fingerprint density at radius 1 is 1.33 bits per heavy atom. The van der Waals surface area contributed by atoms with Gasteiger partial charge in [0.05, 0.1) is 10.6 Å². The predicted molar refractivity (Wildman–Crippen MR) is 76.4 cm³/mol. The van der Waals surface area contributed by atoms with Crippen LogP contribution in [0.25, 0.3) is 0 Å². The number of rotatable bonds is 4. The molecular weight excluding hydrogens is 289 g/mol. The second kappa shape index (κ2) is 5.97. The van der Waals surface area contributed by atoms with Crippen LogP contribution in [0.1, 0.15) is 29.1 Å². The maximum absolute atomic E-state index is 6.20. The van der Waals surface area contributed by atoms with Gasteiger partial charge in [-0.2, -0.15) is 0 Å². The highest BCUT2D eigenvalue weighted by Gasteiger charge is 2.17. The highest BCUT2D eigenvalue weighted by atomic mass is 35.5. The molecule has 1 unspecified atom stereocenters. The number of halogens is 2. The van der Waals surface area contributed by atoms with Crippen LogP contribution in [0.5, 0.6) is 0 Å². The van der Waals surface area contributed by atoms with E-state index in [0.717, 1.165) is 22.6 Å². The lowest BCUT2D eigenvalue weighted by molar-refractivity contribution is 0.722. The summed E-state index contributed by atoms with van der Waals surface area (Å²) in [5, 5.41) is 5.36. The van der Waals surface area contributed by atoms with Crippen molar-refractivity contribution in [1.82, 2.24) is 9.59 Å². The molecule has 0 radical (unpaired) electrons. The van der Waals surface area contributed by atoms with Crippen LogP contribution < -0.4 is 5.73 Å². The Hall–Kier alpha value is -0.680. The number of nitrogens with zero attached hydrogens (tertiary/aromatic N) is 2. The van der Waals surface area contributed by atoms with Gasteiger partial charge < -0.3 is 5.73 Å². The van der Waals surface area contributed by atoms with E-state index in [4.69, 9.17) is 28.9 Å². The van der Waals surface area contributed by atoms with Crippen molar-refractivity contribution in [3.63, 3.8) is 0 Å². The van der Waals surface area contributed by atoms with E-state index in [0.29, 0.717) is 16.5 Å². The molecule has 1 atom stereocenters. The fourth-order valence-electron chi connectivity index (χ4n) is 1.78. The smallest absolute Gasteiger partial charge is 0.0801 e. The lowest BCUT2D eigenvalue weighted by Gasteiger charge is -2.13. The van der Waals surface area contributed by atoms with Gasteiger partial charge in [0.2, 0.25) is 0 Å². The van der Waals surface area contributed by atoms with Gasteiger partial charge in [-0.3, -0.25) is 0 Å². The second-order valence-corrected chi connectivity index (χ2v) is 5.55. The molecule has 18 heavy (non-hydrogen) atoms. The number of hydrogen-bond acceptors (Lipinski definition) is 4. The highest BCUT2D eigenvalue weighted by molar-refractivity contribution is 7.05. The standard InChI is InChI=1S/C12H13Cl2N3S/c1-2-11-12(18-17-16-11)10(15)6-7-8(13)4-3-5-9(7)14/h3-5,10H,2,6,15H2,1H3. The second-order valence-electron chi connectivity index (χ2n) is 3.95. The normalized spacial score (nSPS) is 12.7. The van der Waals surface area contributed by atoms with Crippen molar-refractivity contribution in [3.8, 4) is 0 Å². The van der Waals surface area contributed by atoms with Gasteiger partial charge >= 0.3 is 0 Å². The maximum atomic E-state index is 6.20. The Balaban J connectivity index is 2.24. The molecule has 2 rings (SSSR count). The molecule has 0 aliphatic carbocycles. The summed E-state index contributed by atoms with van der Waals surface area (Å²) < 4.78 is 3.95. The number of aromatic nitrogens is 2. The first-order chi connectivity index (χ1) is 8.63. The molecule has 6 heteroatoms. The Kier molecular flexibility index (Phi) is 4.56. The van der Waals surface area contributed by atoms with Crippen LogP contribution in [0.15, 0.2) is 18.2 Å². The van der Waals surface area contributed by atoms with E-state index >= 15 is 0 Å². The molecule has 0 aliphatic rings. The van der Waals surface area contributed by atoms with Gasteiger partial charge in [-0.05, 0) is 42.1 Å². The summed E-state index contributed by atoms with van der Waals surface area (Å²) in [6.07, 6.45) is 1.42. The summed E-state index contributed by atoms with van der Waals surface area (Å²) in [5.41, 5.74) is 8.03. The van der Waals surface area contributed by atoms with Gasteiger partial charge in [-0.25, -0.2) is 0 Å². The van der Waals surface area contributed by atoms with Crippen LogP contribution >= 0.6 is 34.7 Å². The van der Waals surface area contributed by atoms with Crippen LogP contribution in [-0.4, -0.2) is 9.59 Å². The number of hydrogen-bond donors (Lipinski definition) is 1. The van der Waals surface area contributed by atoms with Gasteiger partial charge in [0.25, 0.3) is 0 Å². The lowest BCUT2D eigenvalue weighted by atomic mass is 10.0. The van der Waals surface area contributed by atoms with Gasteiger partial charge in [0.15, 0.2) is 0 Å². The van der Waals surface area contributed by atoms with Gasteiger partial charge in [0, 0.05) is 16.1 Å². The predicted octanol–water partition coefficient (Wildman–Crippen LogP) is 3.65. The Morgan fingerprint density at radius 2 is 2.00 bits per heavy atom. The zero-order valence-electron chi connectivity index (χ0n) is 9.86. The third kappa shape index (κ3) is 2.83. The molecule has 0 saturated heterocycles. The fraction of sp³-hybridized carbons (Fsp3) is 0.333. The zero-order valence-corrected chi connectivity index (χ0v) is 12.2. The summed E-state index contributed by atoms with van der Waals surface area (Å²) >= 11 is 13.6. The Labute approximate surface area is 120 Å². The monoisotopic (exact) mass is 301 g/mol. The van der Waals surface area contributed by atoms with E-state index < -0.39 is 0 Å². The summed E-state index contributed by atoms with van der Waals surface area (Å²) in [4.78, 5) is 1.01. The van der Waals surface area contributed by atoms with E-state index in [1.165, 1.54) is 11.5 Å². The van der Waals surface area contributed by atoms with Crippen molar-refractivity contribution in [2.75, 3.05) is 0 Å². The van der Waals surface area contributed by atoms with Crippen molar-refractivity contribution < 1.29 is 0 Å². The third-order valence-corrected chi connectivity index (χ3v) is 4.35. The Bertz CT molecular complexity index is 522. The minimum Gasteiger partial charge on any atom is -0.323 e. The summed E-state index contributed by atoms with van der Waals surface area (Å²) in [7, 11) is 0. The van der Waals surface area contributed by atoms with Crippen LogP contribution in [-0.2, 0) is 12.8 Å². The molecule has 0 fully saturated rings. The lowest BCUT2D eigenvalue weighted by Crippen LogP contribution is -2.14. The Morgan fingerprint density at radius 3 is 2.61 bits per heavy atom. The van der Waals surface area contributed by atoms with Crippen LogP contribution in [0.4, 0.5) is 0 Å². The van der Waals surface area contributed by atoms with Crippen LogP contribution in [0.3, 0.4) is 0 Å². The molecule has 2 aromatic rings. The first-order valence-electron chi connectivity index (χ1n) is 5.63. The topological polar surface area (TPSA) is 51.8 Å². The molecule has 1 aromatic carbocycles. The number of nitrogens with two attached hydrogens (primary N) is 1. The molecular formula is C12H13Cl2N3S. The molecule has 1 heterocycles. The minimum absolute atomic E-state index is 0.169. The van der Waals surface area contributed by atoms with E-state index in [9.17, 15) is 0 Å². The largest absolute Gasteiger partial charge is 0.323 e. The molecule has 0 bridgehead atoms. The van der Waals surface area contributed by atoms with Crippen molar-refractivity contribution >= 4 is 34.7 Å². The van der Waals surface area contributed by atoms with Gasteiger partial charge in [-0.15, -0.1) is 5.10 Å². The van der Waals surface area contributed by atoms with E-state index in [-0.39, 0.29) is 6.04 Å². The third-order valence-electron chi connectivity index (χ3n) is 2.74. The van der Waals surface area contributed by atoms with Crippen LogP contribution in [0, 0.1) is 0 Å². The fourth-order valence-corrected chi connectivity index (χ4v) is 3.07. The quantitative estimate of drug-likeness (QED) is 0.938. The van der Waals surface area contributed by atoms with Gasteiger partial charge in [-0.1, -0.05) is 40.7 Å². The van der Waals surface area contributed by atoms with Gasteiger partial charge in [0.1, 0.15) is 0 Å². The molecule has 1 aromatic heterocycles.